The van der Waals surface area contributed by atoms with Crippen LogP contribution in [-0.4, -0.2) is 41.1 Å². The van der Waals surface area contributed by atoms with Crippen molar-refractivity contribution < 1.29 is 14.3 Å². The lowest BCUT2D eigenvalue weighted by Gasteiger charge is -2.07. The van der Waals surface area contributed by atoms with E-state index in [1.54, 1.807) is 25.4 Å². The molecule has 7 nitrogen and oxygen atoms in total. The number of ketones is 1. The zero-order valence-electron chi connectivity index (χ0n) is 15.4. The Morgan fingerprint density at radius 3 is 2.85 bits per heavy atom. The van der Waals surface area contributed by atoms with Crippen LogP contribution in [0.5, 0.6) is 5.19 Å². The number of aromatic nitrogens is 3. The van der Waals surface area contributed by atoms with Gasteiger partial charge in [-0.05, 0) is 32.0 Å². The number of nitrogens with zero attached hydrogens (tertiary/aromatic N) is 3. The third-order valence-electron chi connectivity index (χ3n) is 3.70. The van der Waals surface area contributed by atoms with Gasteiger partial charge in [-0.2, -0.15) is 0 Å². The minimum Gasteiger partial charge on any atom is -0.468 e. The van der Waals surface area contributed by atoms with Gasteiger partial charge in [0.05, 0.1) is 22.9 Å². The summed E-state index contributed by atoms with van der Waals surface area (Å²) in [4.78, 5) is 25.7. The van der Waals surface area contributed by atoms with Crippen molar-refractivity contribution in [1.82, 2.24) is 15.0 Å². The summed E-state index contributed by atoms with van der Waals surface area (Å²) in [5.74, 6) is 0.456. The Labute approximate surface area is 161 Å². The van der Waals surface area contributed by atoms with Crippen LogP contribution in [-0.2, 0) is 4.74 Å². The maximum absolute atomic E-state index is 11.5. The molecule has 27 heavy (non-hydrogen) atoms. The Morgan fingerprint density at radius 2 is 2.07 bits per heavy atom. The van der Waals surface area contributed by atoms with Gasteiger partial charge in [0.1, 0.15) is 6.61 Å². The topological polar surface area (TPSA) is 86.2 Å². The zero-order valence-corrected chi connectivity index (χ0v) is 16.2. The summed E-state index contributed by atoms with van der Waals surface area (Å²) in [5, 5.41) is 3.72. The Morgan fingerprint density at radius 1 is 1.22 bits per heavy atom. The molecule has 0 fully saturated rings. The highest BCUT2D eigenvalue weighted by Gasteiger charge is 2.13. The molecule has 0 aliphatic carbocycles. The van der Waals surface area contributed by atoms with Crippen LogP contribution in [0.15, 0.2) is 36.5 Å². The molecule has 0 atom stereocenters. The number of Topliss-reactive ketones (excluding diaryl/α,β-unsaturated/α-hetero) is 1. The molecule has 2 aromatic heterocycles. The summed E-state index contributed by atoms with van der Waals surface area (Å²) in [6.07, 6.45) is 1.68. The molecule has 0 aliphatic heterocycles. The largest absolute Gasteiger partial charge is 0.468 e. The summed E-state index contributed by atoms with van der Waals surface area (Å²) in [5.41, 5.74) is 2.99. The average molecular weight is 384 g/mol. The first-order valence-corrected chi connectivity index (χ1v) is 9.19. The van der Waals surface area contributed by atoms with Gasteiger partial charge in [0.15, 0.2) is 5.78 Å². The van der Waals surface area contributed by atoms with E-state index >= 15 is 0 Å². The van der Waals surface area contributed by atoms with Crippen molar-refractivity contribution in [3.8, 4) is 15.8 Å². The minimum absolute atomic E-state index is 0.00889. The van der Waals surface area contributed by atoms with Crippen molar-refractivity contribution in [2.75, 3.05) is 25.6 Å². The molecular formula is C19H20N4O3S. The Hall–Kier alpha value is -2.84. The molecule has 0 saturated heterocycles. The smallest absolute Gasteiger partial charge is 0.274 e. The molecule has 3 aromatic rings. The van der Waals surface area contributed by atoms with E-state index < -0.39 is 0 Å². The number of methoxy groups -OCH3 is 1. The number of thiazole rings is 1. The van der Waals surface area contributed by atoms with E-state index in [9.17, 15) is 4.79 Å². The molecule has 8 heteroatoms. The van der Waals surface area contributed by atoms with E-state index in [1.165, 1.54) is 18.3 Å². The number of aryl methyl sites for hydroxylation is 1. The van der Waals surface area contributed by atoms with E-state index in [1.807, 2.05) is 25.1 Å². The van der Waals surface area contributed by atoms with Crippen LogP contribution in [0.4, 0.5) is 11.6 Å². The lowest BCUT2D eigenvalue weighted by Crippen LogP contribution is -2.03. The third kappa shape index (κ3) is 4.87. The monoisotopic (exact) mass is 384 g/mol. The van der Waals surface area contributed by atoms with E-state index in [-0.39, 0.29) is 5.78 Å². The first kappa shape index (κ1) is 18.9. The molecule has 0 unspecified atom stereocenters. The third-order valence-corrected chi connectivity index (χ3v) is 4.80. The highest BCUT2D eigenvalue weighted by atomic mass is 32.1. The van der Waals surface area contributed by atoms with Gasteiger partial charge in [-0.3, -0.25) is 4.79 Å². The average Bonchev–Trinajstić information content (AvgIpc) is 3.03. The predicted molar refractivity (Wildman–Crippen MR) is 105 cm³/mol. The fourth-order valence-corrected chi connectivity index (χ4v) is 3.28. The molecule has 2 heterocycles. The van der Waals surface area contributed by atoms with Gasteiger partial charge < -0.3 is 14.8 Å². The molecule has 1 aromatic carbocycles. The van der Waals surface area contributed by atoms with Crippen LogP contribution < -0.4 is 10.1 Å². The van der Waals surface area contributed by atoms with Crippen molar-refractivity contribution in [2.24, 2.45) is 0 Å². The molecule has 0 amide bonds. The first-order chi connectivity index (χ1) is 13.1. The van der Waals surface area contributed by atoms with E-state index in [2.05, 4.69) is 20.3 Å². The number of ether oxygens (including phenoxy) is 2. The molecular weight excluding hydrogens is 364 g/mol. The van der Waals surface area contributed by atoms with Crippen LogP contribution >= 0.6 is 11.3 Å². The maximum atomic E-state index is 11.5. The second-order valence-corrected chi connectivity index (χ2v) is 6.72. The second kappa shape index (κ2) is 8.70. The van der Waals surface area contributed by atoms with Crippen molar-refractivity contribution in [3.63, 3.8) is 0 Å². The molecule has 3 rings (SSSR count). The number of carbonyl (C=O) groups excluding carboxylic acids is 1. The van der Waals surface area contributed by atoms with Gasteiger partial charge in [0.25, 0.3) is 5.19 Å². The van der Waals surface area contributed by atoms with Gasteiger partial charge >= 0.3 is 0 Å². The first-order valence-electron chi connectivity index (χ1n) is 8.37. The summed E-state index contributed by atoms with van der Waals surface area (Å²) < 4.78 is 10.6. The SMILES string of the molecule is COCCOc1nc(C)c(-c2ccnc(Nc3cccc(C(C)=O)c3)n2)s1. The summed E-state index contributed by atoms with van der Waals surface area (Å²) >= 11 is 1.43. The van der Waals surface area contributed by atoms with E-state index in [0.717, 1.165) is 22.0 Å². The van der Waals surface area contributed by atoms with E-state index in [0.29, 0.717) is 29.9 Å². The second-order valence-electron chi connectivity index (χ2n) is 5.76. The predicted octanol–water partition coefficient (Wildman–Crippen LogP) is 3.88. The Kier molecular flexibility index (Phi) is 6.10. The number of hydrogen-bond donors (Lipinski definition) is 1. The molecule has 0 aliphatic rings. The number of hydrogen-bond acceptors (Lipinski definition) is 8. The molecule has 0 saturated carbocycles. The fourth-order valence-electron chi connectivity index (χ4n) is 2.37. The molecule has 0 bridgehead atoms. The van der Waals surface area contributed by atoms with Crippen molar-refractivity contribution >= 4 is 28.8 Å². The minimum atomic E-state index is 0.00889. The number of anilines is 2. The van der Waals surface area contributed by atoms with Gasteiger partial charge in [-0.25, -0.2) is 15.0 Å². The molecule has 0 spiro atoms. The van der Waals surface area contributed by atoms with Gasteiger partial charge in [-0.15, -0.1) is 0 Å². The van der Waals surface area contributed by atoms with Gasteiger partial charge in [-0.1, -0.05) is 23.5 Å². The highest BCUT2D eigenvalue weighted by molar-refractivity contribution is 7.17. The van der Waals surface area contributed by atoms with Crippen molar-refractivity contribution in [1.29, 1.82) is 0 Å². The van der Waals surface area contributed by atoms with E-state index in [4.69, 9.17) is 9.47 Å². The molecule has 0 radical (unpaired) electrons. The fraction of sp³-hybridized carbons (Fsp3) is 0.263. The van der Waals surface area contributed by atoms with Gasteiger partial charge in [0, 0.05) is 24.6 Å². The number of nitrogens with one attached hydrogen (secondary N) is 1. The molecule has 140 valence electrons. The quantitative estimate of drug-likeness (QED) is 0.466. The zero-order chi connectivity index (χ0) is 19.2. The van der Waals surface area contributed by atoms with Crippen LogP contribution in [0.2, 0.25) is 0 Å². The standard InChI is InChI=1S/C19H20N4O3S/c1-12-17(27-19(21-12)26-10-9-25-3)16-7-8-20-18(23-16)22-15-6-4-5-14(11-15)13(2)24/h4-8,11H,9-10H2,1-3H3,(H,20,22,23). The summed E-state index contributed by atoms with van der Waals surface area (Å²) in [6, 6.07) is 9.06. The number of rotatable bonds is 8. The number of benzene rings is 1. The lowest BCUT2D eigenvalue weighted by molar-refractivity contribution is 0.101. The Balaban J connectivity index is 1.80. The lowest BCUT2D eigenvalue weighted by atomic mass is 10.1. The van der Waals surface area contributed by atoms with Crippen LogP contribution in [0, 0.1) is 6.92 Å². The van der Waals surface area contributed by atoms with Crippen molar-refractivity contribution in [2.45, 2.75) is 13.8 Å². The summed E-state index contributed by atoms with van der Waals surface area (Å²) in [7, 11) is 1.63. The van der Waals surface area contributed by atoms with Crippen LogP contribution in [0.1, 0.15) is 23.0 Å². The Bertz CT molecular complexity index is 942. The van der Waals surface area contributed by atoms with Gasteiger partial charge in [0.2, 0.25) is 5.95 Å². The summed E-state index contributed by atoms with van der Waals surface area (Å²) in [6.45, 7) is 4.41. The maximum Gasteiger partial charge on any atom is 0.274 e. The number of carbonyl (C=O) groups is 1. The molecule has 1 N–H and O–H groups in total. The normalized spacial score (nSPS) is 10.6. The van der Waals surface area contributed by atoms with Crippen molar-refractivity contribution in [3.05, 3.63) is 47.8 Å². The van der Waals surface area contributed by atoms with Crippen LogP contribution in [0.25, 0.3) is 10.6 Å². The van der Waals surface area contributed by atoms with Crippen LogP contribution in [0.3, 0.4) is 0 Å². The highest BCUT2D eigenvalue weighted by Crippen LogP contribution is 2.33.